The summed E-state index contributed by atoms with van der Waals surface area (Å²) in [5, 5.41) is 3.99. The van der Waals surface area contributed by atoms with E-state index in [0.717, 1.165) is 11.3 Å². The lowest BCUT2D eigenvalue weighted by atomic mass is 10.2. The summed E-state index contributed by atoms with van der Waals surface area (Å²) >= 11 is 1.25. The van der Waals surface area contributed by atoms with Crippen LogP contribution in [-0.2, 0) is 17.9 Å². The van der Waals surface area contributed by atoms with Crippen molar-refractivity contribution in [3.8, 4) is 0 Å². The SMILES string of the molecule is C=CCn1c(SCC(=O)NCc2ccc(N(C)C)cc2)nc2ccccc2c1=O. The quantitative estimate of drug-likeness (QED) is 0.353. The molecular formula is C22H24N4O2S. The van der Waals surface area contributed by atoms with Gasteiger partial charge in [0.1, 0.15) is 0 Å². The van der Waals surface area contributed by atoms with Crippen LogP contribution in [0.1, 0.15) is 5.56 Å². The number of anilines is 1. The van der Waals surface area contributed by atoms with Crippen molar-refractivity contribution in [1.82, 2.24) is 14.9 Å². The second kappa shape index (κ2) is 9.43. The normalized spacial score (nSPS) is 10.7. The molecule has 1 heterocycles. The fourth-order valence-electron chi connectivity index (χ4n) is 2.84. The first kappa shape index (κ1) is 20.7. The first-order valence-corrected chi connectivity index (χ1v) is 10.2. The van der Waals surface area contributed by atoms with E-state index in [2.05, 4.69) is 16.9 Å². The van der Waals surface area contributed by atoms with Gasteiger partial charge in [0.15, 0.2) is 5.16 Å². The highest BCUT2D eigenvalue weighted by atomic mass is 32.2. The third-order valence-corrected chi connectivity index (χ3v) is 5.39. The van der Waals surface area contributed by atoms with Crippen molar-refractivity contribution in [3.63, 3.8) is 0 Å². The maximum absolute atomic E-state index is 12.7. The maximum Gasteiger partial charge on any atom is 0.262 e. The number of carbonyl (C=O) groups is 1. The number of aromatic nitrogens is 2. The molecule has 0 aliphatic rings. The molecular weight excluding hydrogens is 384 g/mol. The highest BCUT2D eigenvalue weighted by molar-refractivity contribution is 7.99. The molecule has 3 rings (SSSR count). The number of amides is 1. The fourth-order valence-corrected chi connectivity index (χ4v) is 3.68. The van der Waals surface area contributed by atoms with Crippen molar-refractivity contribution < 1.29 is 4.79 Å². The highest BCUT2D eigenvalue weighted by Crippen LogP contribution is 2.18. The van der Waals surface area contributed by atoms with Crippen LogP contribution in [0.15, 0.2) is 71.1 Å². The predicted octanol–water partition coefficient (Wildman–Crippen LogP) is 3.06. The molecule has 3 aromatic rings. The summed E-state index contributed by atoms with van der Waals surface area (Å²) in [6, 6.07) is 15.2. The van der Waals surface area contributed by atoms with E-state index in [1.165, 1.54) is 11.8 Å². The zero-order valence-corrected chi connectivity index (χ0v) is 17.4. The molecule has 0 unspecified atom stereocenters. The zero-order chi connectivity index (χ0) is 20.8. The molecule has 0 aliphatic carbocycles. The summed E-state index contributed by atoms with van der Waals surface area (Å²) in [6.07, 6.45) is 1.65. The molecule has 1 N–H and O–H groups in total. The number of fused-ring (bicyclic) bond motifs is 1. The second-order valence-corrected chi connectivity index (χ2v) is 7.68. The van der Waals surface area contributed by atoms with Crippen LogP contribution in [0.4, 0.5) is 5.69 Å². The molecule has 0 saturated carbocycles. The molecule has 150 valence electrons. The van der Waals surface area contributed by atoms with Crippen LogP contribution in [0, 0.1) is 0 Å². The topological polar surface area (TPSA) is 67.2 Å². The van der Waals surface area contributed by atoms with Gasteiger partial charge < -0.3 is 10.2 Å². The number of nitrogens with one attached hydrogen (secondary N) is 1. The maximum atomic E-state index is 12.7. The minimum absolute atomic E-state index is 0.112. The summed E-state index contributed by atoms with van der Waals surface area (Å²) in [7, 11) is 3.97. The number of para-hydroxylation sites is 1. The van der Waals surface area contributed by atoms with Crippen molar-refractivity contribution in [1.29, 1.82) is 0 Å². The molecule has 0 fully saturated rings. The number of thioether (sulfide) groups is 1. The van der Waals surface area contributed by atoms with E-state index in [-0.39, 0.29) is 17.2 Å². The smallest absolute Gasteiger partial charge is 0.262 e. The minimum Gasteiger partial charge on any atom is -0.378 e. The molecule has 7 heteroatoms. The lowest BCUT2D eigenvalue weighted by Crippen LogP contribution is -2.26. The van der Waals surface area contributed by atoms with Crippen LogP contribution in [-0.4, -0.2) is 35.3 Å². The van der Waals surface area contributed by atoms with Crippen molar-refractivity contribution in [3.05, 3.63) is 77.1 Å². The van der Waals surface area contributed by atoms with E-state index < -0.39 is 0 Å². The number of carbonyl (C=O) groups excluding carboxylic acids is 1. The first-order valence-electron chi connectivity index (χ1n) is 9.26. The van der Waals surface area contributed by atoms with Crippen molar-refractivity contribution in [2.45, 2.75) is 18.2 Å². The third kappa shape index (κ3) is 5.06. The zero-order valence-electron chi connectivity index (χ0n) is 16.6. The van der Waals surface area contributed by atoms with Crippen molar-refractivity contribution >= 4 is 34.3 Å². The molecule has 29 heavy (non-hydrogen) atoms. The Hall–Kier alpha value is -3.06. The molecule has 0 radical (unpaired) electrons. The number of benzene rings is 2. The molecule has 0 saturated heterocycles. The average Bonchev–Trinajstić information content (AvgIpc) is 2.73. The largest absolute Gasteiger partial charge is 0.378 e. The van der Waals surface area contributed by atoms with Gasteiger partial charge in [-0.25, -0.2) is 4.98 Å². The molecule has 1 amide bonds. The van der Waals surface area contributed by atoms with Crippen LogP contribution < -0.4 is 15.8 Å². The van der Waals surface area contributed by atoms with Gasteiger partial charge in [0.25, 0.3) is 5.56 Å². The molecule has 2 aromatic carbocycles. The molecule has 0 spiro atoms. The van der Waals surface area contributed by atoms with Crippen LogP contribution in [0.3, 0.4) is 0 Å². The number of nitrogens with zero attached hydrogens (tertiary/aromatic N) is 3. The van der Waals surface area contributed by atoms with Gasteiger partial charge in [0.05, 0.1) is 16.7 Å². The molecule has 0 atom stereocenters. The summed E-state index contributed by atoms with van der Waals surface area (Å²) in [6.45, 7) is 4.52. The Kier molecular flexibility index (Phi) is 6.72. The van der Waals surface area contributed by atoms with Crippen molar-refractivity contribution in [2.24, 2.45) is 0 Å². The summed E-state index contributed by atoms with van der Waals surface area (Å²) < 4.78 is 1.55. The number of hydrogen-bond acceptors (Lipinski definition) is 5. The minimum atomic E-state index is -0.126. The standard InChI is InChI=1S/C22H24N4O2S/c1-4-13-26-21(28)18-7-5-6-8-19(18)24-22(26)29-15-20(27)23-14-16-9-11-17(12-10-16)25(2)3/h4-12H,1,13-15H2,2-3H3,(H,23,27). The number of hydrogen-bond donors (Lipinski definition) is 1. The van der Waals surface area contributed by atoms with Gasteiger partial charge in [0.2, 0.25) is 5.91 Å². The van der Waals surface area contributed by atoms with E-state index in [1.807, 2.05) is 55.4 Å². The van der Waals surface area contributed by atoms with E-state index in [9.17, 15) is 9.59 Å². The Morgan fingerprint density at radius 2 is 1.93 bits per heavy atom. The average molecular weight is 409 g/mol. The molecule has 0 bridgehead atoms. The fraction of sp³-hybridized carbons (Fsp3) is 0.227. The molecule has 1 aromatic heterocycles. The lowest BCUT2D eigenvalue weighted by Gasteiger charge is -2.13. The van der Waals surface area contributed by atoms with E-state index in [1.54, 1.807) is 22.8 Å². The summed E-state index contributed by atoms with van der Waals surface area (Å²) in [4.78, 5) is 31.6. The van der Waals surface area contributed by atoms with Crippen LogP contribution in [0.25, 0.3) is 10.9 Å². The highest BCUT2D eigenvalue weighted by Gasteiger charge is 2.12. The Labute approximate surface area is 174 Å². The van der Waals surface area contributed by atoms with Crippen LogP contribution in [0.5, 0.6) is 0 Å². The number of allylic oxidation sites excluding steroid dienone is 1. The monoisotopic (exact) mass is 408 g/mol. The van der Waals surface area contributed by atoms with Crippen LogP contribution >= 0.6 is 11.8 Å². The number of rotatable bonds is 8. The first-order chi connectivity index (χ1) is 14.0. The van der Waals surface area contributed by atoms with Gasteiger partial charge in [-0.15, -0.1) is 6.58 Å². The Morgan fingerprint density at radius 3 is 2.62 bits per heavy atom. The van der Waals surface area contributed by atoms with Gasteiger partial charge >= 0.3 is 0 Å². The molecule has 6 nitrogen and oxygen atoms in total. The van der Waals surface area contributed by atoms with Gasteiger partial charge in [-0.2, -0.15) is 0 Å². The van der Waals surface area contributed by atoms with Gasteiger partial charge in [-0.05, 0) is 29.8 Å². The van der Waals surface area contributed by atoms with E-state index in [0.29, 0.717) is 29.1 Å². The van der Waals surface area contributed by atoms with E-state index in [4.69, 9.17) is 0 Å². The second-order valence-electron chi connectivity index (χ2n) is 6.74. The predicted molar refractivity (Wildman–Crippen MR) is 120 cm³/mol. The third-order valence-electron chi connectivity index (χ3n) is 4.41. The Morgan fingerprint density at radius 1 is 1.21 bits per heavy atom. The molecule has 0 aliphatic heterocycles. The van der Waals surface area contributed by atoms with E-state index >= 15 is 0 Å². The Bertz CT molecular complexity index is 1070. The Balaban J connectivity index is 1.66. The van der Waals surface area contributed by atoms with Crippen molar-refractivity contribution in [2.75, 3.05) is 24.7 Å². The lowest BCUT2D eigenvalue weighted by molar-refractivity contribution is -0.118. The van der Waals surface area contributed by atoms with Gasteiger partial charge in [-0.1, -0.05) is 42.1 Å². The summed E-state index contributed by atoms with van der Waals surface area (Å²) in [5.41, 5.74) is 2.64. The van der Waals surface area contributed by atoms with Crippen LogP contribution in [0.2, 0.25) is 0 Å². The van der Waals surface area contributed by atoms with Gasteiger partial charge in [0, 0.05) is 32.9 Å². The summed E-state index contributed by atoms with van der Waals surface area (Å²) in [5.74, 6) is 0.0665. The van der Waals surface area contributed by atoms with Gasteiger partial charge in [-0.3, -0.25) is 14.2 Å².